The Balaban J connectivity index is 1.89. The average Bonchev–Trinajstić information content (AvgIpc) is 3.05. The van der Waals surface area contributed by atoms with Crippen molar-refractivity contribution < 1.29 is 4.20 Å². The molecule has 1 aromatic heterocycles. The van der Waals surface area contributed by atoms with Crippen LogP contribution in [0.4, 0.5) is 0 Å². The molecule has 35 heavy (non-hydrogen) atoms. The first-order chi connectivity index (χ1) is 17.3. The summed E-state index contributed by atoms with van der Waals surface area (Å²) in [5.74, 6) is 0. The summed E-state index contributed by atoms with van der Waals surface area (Å²) in [6.07, 6.45) is 0. The van der Waals surface area contributed by atoms with Crippen LogP contribution in [-0.2, 0) is 6.54 Å². The molecule has 0 saturated carbocycles. The number of hydrogen-bond donors (Lipinski definition) is 0. The molecule has 0 aliphatic heterocycles. The lowest BCUT2D eigenvalue weighted by Crippen LogP contribution is -2.21. The van der Waals surface area contributed by atoms with Crippen molar-refractivity contribution in [1.82, 2.24) is 4.33 Å². The second kappa shape index (κ2) is 9.26. The van der Waals surface area contributed by atoms with Crippen LogP contribution >= 0.6 is 8.08 Å². The third-order valence-corrected chi connectivity index (χ3v) is 9.04. The molecule has 1 heterocycles. The molecule has 1 unspecified atom stereocenters. The van der Waals surface area contributed by atoms with Crippen molar-refractivity contribution in [3.63, 3.8) is 0 Å². The number of fused-ring (bicyclic) bond motifs is 7. The van der Waals surface area contributed by atoms with E-state index in [1.165, 1.54) is 43.4 Å². The summed E-state index contributed by atoms with van der Waals surface area (Å²) >= 11 is 0. The number of rotatable bonds is 5. The first-order valence-corrected chi connectivity index (χ1v) is 13.5. The van der Waals surface area contributed by atoms with Gasteiger partial charge < -0.3 is 4.20 Å². The van der Waals surface area contributed by atoms with Crippen LogP contribution in [0.15, 0.2) is 107 Å². The molecule has 6 rings (SSSR count). The molecule has 0 saturated heterocycles. The SMILES string of the molecule is CCN(CC)p1oc2ccc3ccccc3c2c2c3ccccc3ccc2n1Cc1ccccc1. The Kier molecular flexibility index (Phi) is 5.82. The van der Waals surface area contributed by atoms with Crippen molar-refractivity contribution in [2.24, 2.45) is 0 Å². The topological polar surface area (TPSA) is 21.3 Å². The third-order valence-electron chi connectivity index (χ3n) is 6.86. The Labute approximate surface area is 206 Å². The monoisotopic (exact) mass is 476 g/mol. The number of nitrogens with zero attached hydrogens (tertiary/aromatic N) is 2. The molecule has 3 nitrogen and oxygen atoms in total. The molecule has 5 aromatic carbocycles. The Morgan fingerprint density at radius 2 is 1.26 bits per heavy atom. The molecule has 0 spiro atoms. The van der Waals surface area contributed by atoms with Gasteiger partial charge in [-0.25, -0.2) is 4.67 Å². The zero-order valence-corrected chi connectivity index (χ0v) is 21.1. The van der Waals surface area contributed by atoms with Gasteiger partial charge in [-0.2, -0.15) is 0 Å². The quantitative estimate of drug-likeness (QED) is 0.248. The molecule has 4 heteroatoms. The van der Waals surface area contributed by atoms with Gasteiger partial charge in [0.05, 0.1) is 12.1 Å². The molecule has 0 aliphatic rings. The van der Waals surface area contributed by atoms with Crippen molar-refractivity contribution in [2.45, 2.75) is 20.4 Å². The second-order valence-electron chi connectivity index (χ2n) is 8.87. The van der Waals surface area contributed by atoms with Gasteiger partial charge in [-0.15, -0.1) is 0 Å². The Hall–Kier alpha value is -3.52. The van der Waals surface area contributed by atoms with Crippen molar-refractivity contribution >= 4 is 51.5 Å². The van der Waals surface area contributed by atoms with E-state index in [1.54, 1.807) is 0 Å². The van der Waals surface area contributed by atoms with Crippen LogP contribution in [-0.4, -0.2) is 17.4 Å². The molecule has 6 aromatic rings. The summed E-state index contributed by atoms with van der Waals surface area (Å²) in [5.41, 5.74) is 3.49. The van der Waals surface area contributed by atoms with E-state index in [0.29, 0.717) is 0 Å². The van der Waals surface area contributed by atoms with Crippen LogP contribution in [0.2, 0.25) is 0 Å². The van der Waals surface area contributed by atoms with Gasteiger partial charge in [0, 0.05) is 23.9 Å². The van der Waals surface area contributed by atoms with Gasteiger partial charge in [-0.3, -0.25) is 4.33 Å². The minimum atomic E-state index is -1.07. The van der Waals surface area contributed by atoms with Gasteiger partial charge in [0.2, 0.25) is 8.08 Å². The molecule has 174 valence electrons. The smallest absolute Gasteiger partial charge is 0.205 e. The van der Waals surface area contributed by atoms with Crippen LogP contribution in [0.5, 0.6) is 0 Å². The van der Waals surface area contributed by atoms with Gasteiger partial charge in [0.1, 0.15) is 5.58 Å². The summed E-state index contributed by atoms with van der Waals surface area (Å²) in [4.78, 5) is 0. The van der Waals surface area contributed by atoms with Crippen LogP contribution in [0.25, 0.3) is 43.4 Å². The van der Waals surface area contributed by atoms with E-state index in [2.05, 4.69) is 126 Å². The highest BCUT2D eigenvalue weighted by atomic mass is 31.1. The highest BCUT2D eigenvalue weighted by Gasteiger charge is 2.18. The van der Waals surface area contributed by atoms with E-state index >= 15 is 0 Å². The number of benzene rings is 5. The van der Waals surface area contributed by atoms with E-state index in [9.17, 15) is 0 Å². The summed E-state index contributed by atoms with van der Waals surface area (Å²) in [5, 5.41) is 7.45. The van der Waals surface area contributed by atoms with Crippen molar-refractivity contribution in [1.29, 1.82) is 0 Å². The number of hydrogen-bond acceptors (Lipinski definition) is 2. The minimum absolute atomic E-state index is 0.792. The fourth-order valence-electron chi connectivity index (χ4n) is 5.13. The second-order valence-corrected chi connectivity index (χ2v) is 10.6. The van der Waals surface area contributed by atoms with E-state index in [4.69, 9.17) is 4.20 Å². The van der Waals surface area contributed by atoms with E-state index < -0.39 is 8.08 Å². The molecule has 0 aliphatic carbocycles. The van der Waals surface area contributed by atoms with E-state index in [-0.39, 0.29) is 0 Å². The lowest BCUT2D eigenvalue weighted by Gasteiger charge is -2.21. The zero-order chi connectivity index (χ0) is 23.8. The Morgan fingerprint density at radius 3 is 1.94 bits per heavy atom. The maximum atomic E-state index is 7.04. The van der Waals surface area contributed by atoms with Crippen molar-refractivity contribution in [3.05, 3.63) is 109 Å². The fourth-order valence-corrected chi connectivity index (χ4v) is 7.10. The summed E-state index contributed by atoms with van der Waals surface area (Å²) in [6, 6.07) is 37.1. The van der Waals surface area contributed by atoms with Crippen molar-refractivity contribution in [3.8, 4) is 0 Å². The Morgan fingerprint density at radius 1 is 0.657 bits per heavy atom. The zero-order valence-electron chi connectivity index (χ0n) is 20.2. The largest absolute Gasteiger partial charge is 0.421 e. The van der Waals surface area contributed by atoms with E-state index in [0.717, 1.165) is 25.2 Å². The van der Waals surface area contributed by atoms with Gasteiger partial charge in [-0.05, 0) is 39.2 Å². The van der Waals surface area contributed by atoms with Crippen LogP contribution in [0.3, 0.4) is 0 Å². The normalized spacial score (nSPS) is 12.3. The molecular weight excluding hydrogens is 447 g/mol. The fraction of sp³-hybridized carbons (Fsp3) is 0.161. The van der Waals surface area contributed by atoms with Gasteiger partial charge in [-0.1, -0.05) is 105 Å². The standard InChI is InChI=1S/C31H29N2OP/c1-3-32(4-2)35-33(22-23-12-6-5-7-13-23)28-20-18-24-14-8-10-16-26(24)30(28)31-27-17-11-9-15-25(27)19-21-29(31)34-35/h5-21H,3-4,22H2,1-2H3. The van der Waals surface area contributed by atoms with Crippen molar-refractivity contribution in [2.75, 3.05) is 17.8 Å². The molecular formula is C31H29N2OP. The Bertz CT molecular complexity index is 1700. The summed E-state index contributed by atoms with van der Waals surface area (Å²) < 4.78 is 12.0. The van der Waals surface area contributed by atoms with Crippen LogP contribution < -0.4 is 4.67 Å². The maximum Gasteiger partial charge on any atom is 0.205 e. The molecule has 1 atom stereocenters. The maximum absolute atomic E-state index is 7.04. The van der Waals surface area contributed by atoms with Gasteiger partial charge in [0.25, 0.3) is 0 Å². The van der Waals surface area contributed by atoms with Gasteiger partial charge >= 0.3 is 0 Å². The molecule has 0 N–H and O–H groups in total. The first kappa shape index (κ1) is 22.0. The lowest BCUT2D eigenvalue weighted by molar-refractivity contribution is 0.695. The average molecular weight is 477 g/mol. The summed E-state index contributed by atoms with van der Waals surface area (Å²) in [6.45, 7) is 7.10. The predicted molar refractivity (Wildman–Crippen MR) is 152 cm³/mol. The molecule has 0 bridgehead atoms. The molecule has 0 fully saturated rings. The first-order valence-electron chi connectivity index (χ1n) is 12.4. The minimum Gasteiger partial charge on any atom is -0.421 e. The van der Waals surface area contributed by atoms with Gasteiger partial charge in [0.15, 0.2) is 0 Å². The number of aromatic nitrogens is 1. The highest BCUT2D eigenvalue weighted by molar-refractivity contribution is 7.41. The van der Waals surface area contributed by atoms with E-state index in [1.807, 2.05) is 0 Å². The van der Waals surface area contributed by atoms with Crippen LogP contribution in [0.1, 0.15) is 19.4 Å². The summed E-state index contributed by atoms with van der Waals surface area (Å²) in [7, 11) is -1.07. The molecule has 0 amide bonds. The lowest BCUT2D eigenvalue weighted by atomic mass is 9.98. The predicted octanol–water partition coefficient (Wildman–Crippen LogP) is 8.83. The van der Waals surface area contributed by atoms with Crippen LogP contribution in [0, 0.1) is 0 Å². The highest BCUT2D eigenvalue weighted by Crippen LogP contribution is 2.42. The molecule has 0 radical (unpaired) electrons. The third kappa shape index (κ3) is 3.82.